The number of carbonyl (C=O) groups is 1. The Kier molecular flexibility index (Phi) is 3.19. The zero-order valence-corrected chi connectivity index (χ0v) is 11.2. The van der Waals surface area contributed by atoms with E-state index < -0.39 is 5.79 Å². The first-order valence-corrected chi connectivity index (χ1v) is 6.92. The van der Waals surface area contributed by atoms with Crippen molar-refractivity contribution in [1.82, 2.24) is 5.32 Å². The minimum absolute atomic E-state index is 0.0681. The number of rotatable bonds is 3. The summed E-state index contributed by atoms with van der Waals surface area (Å²) in [6.45, 7) is 0.338. The van der Waals surface area contributed by atoms with E-state index in [1.54, 1.807) is 13.1 Å². The number of hydrogen-bond donors (Lipinski definition) is 1. The second kappa shape index (κ2) is 4.85. The highest BCUT2D eigenvalue weighted by atomic mass is 16.7. The lowest BCUT2D eigenvalue weighted by Gasteiger charge is -2.31. The second-order valence-corrected chi connectivity index (χ2v) is 5.29. The van der Waals surface area contributed by atoms with Crippen molar-refractivity contribution in [2.45, 2.75) is 37.9 Å². The number of nitrogens with one attached hydrogen (secondary N) is 1. The van der Waals surface area contributed by atoms with Crippen molar-refractivity contribution in [3.8, 4) is 11.5 Å². The predicted molar refractivity (Wildman–Crippen MR) is 71.8 cm³/mol. The first-order valence-electron chi connectivity index (χ1n) is 6.92. The standard InChI is InChI=1S/C15H19NO3/c1-16-10-12(17)11-5-6-13-14(9-11)19-15(18-13)7-3-2-4-8-15/h5-6,9,16H,2-4,7-8,10H2,1H3. The van der Waals surface area contributed by atoms with E-state index in [9.17, 15) is 4.79 Å². The molecule has 1 heterocycles. The largest absolute Gasteiger partial charge is 0.448 e. The summed E-state index contributed by atoms with van der Waals surface area (Å²) in [5.41, 5.74) is 0.671. The molecule has 4 nitrogen and oxygen atoms in total. The molecule has 3 rings (SSSR count). The first kappa shape index (κ1) is 12.5. The van der Waals surface area contributed by atoms with Gasteiger partial charge in [-0.05, 0) is 38.1 Å². The lowest BCUT2D eigenvalue weighted by Crippen LogP contribution is -2.40. The van der Waals surface area contributed by atoms with Gasteiger partial charge in [0, 0.05) is 18.4 Å². The molecule has 0 unspecified atom stereocenters. The van der Waals surface area contributed by atoms with Crippen LogP contribution in [-0.2, 0) is 0 Å². The Bertz CT molecular complexity index is 492. The van der Waals surface area contributed by atoms with Crippen LogP contribution in [0.4, 0.5) is 0 Å². The third-order valence-electron chi connectivity index (χ3n) is 3.81. The van der Waals surface area contributed by atoms with Gasteiger partial charge in [-0.15, -0.1) is 0 Å². The molecule has 1 spiro atoms. The average molecular weight is 261 g/mol. The third kappa shape index (κ3) is 2.32. The van der Waals surface area contributed by atoms with Crippen LogP contribution in [0.2, 0.25) is 0 Å². The number of Topliss-reactive ketones (excluding diaryl/α,β-unsaturated/α-hetero) is 1. The Morgan fingerprint density at radius 2 is 1.95 bits per heavy atom. The minimum Gasteiger partial charge on any atom is -0.448 e. The van der Waals surface area contributed by atoms with Gasteiger partial charge in [-0.2, -0.15) is 0 Å². The minimum atomic E-state index is -0.467. The maximum Gasteiger partial charge on any atom is 0.251 e. The molecular formula is C15H19NO3. The highest BCUT2D eigenvalue weighted by Gasteiger charge is 2.42. The lowest BCUT2D eigenvalue weighted by molar-refractivity contribution is -0.105. The Labute approximate surface area is 113 Å². The summed E-state index contributed by atoms with van der Waals surface area (Å²) in [6.07, 6.45) is 5.39. The molecule has 1 saturated carbocycles. The van der Waals surface area contributed by atoms with Crippen molar-refractivity contribution in [2.75, 3.05) is 13.6 Å². The van der Waals surface area contributed by atoms with E-state index >= 15 is 0 Å². The van der Waals surface area contributed by atoms with E-state index in [2.05, 4.69) is 5.32 Å². The fourth-order valence-corrected chi connectivity index (χ4v) is 2.82. The third-order valence-corrected chi connectivity index (χ3v) is 3.81. The van der Waals surface area contributed by atoms with Crippen molar-refractivity contribution in [3.05, 3.63) is 23.8 Å². The van der Waals surface area contributed by atoms with Gasteiger partial charge in [0.2, 0.25) is 0 Å². The van der Waals surface area contributed by atoms with Crippen LogP contribution in [-0.4, -0.2) is 25.2 Å². The Morgan fingerprint density at radius 1 is 1.21 bits per heavy atom. The number of carbonyl (C=O) groups excluding carboxylic acids is 1. The highest BCUT2D eigenvalue weighted by molar-refractivity contribution is 5.98. The van der Waals surface area contributed by atoms with E-state index in [1.807, 2.05) is 12.1 Å². The number of benzene rings is 1. The molecule has 0 saturated heterocycles. The van der Waals surface area contributed by atoms with Gasteiger partial charge in [0.15, 0.2) is 17.3 Å². The Hall–Kier alpha value is -1.55. The summed E-state index contributed by atoms with van der Waals surface area (Å²) in [4.78, 5) is 11.9. The monoisotopic (exact) mass is 261 g/mol. The molecule has 0 bridgehead atoms. The van der Waals surface area contributed by atoms with Gasteiger partial charge < -0.3 is 14.8 Å². The molecule has 0 atom stereocenters. The summed E-state index contributed by atoms with van der Waals surface area (Å²) in [7, 11) is 1.77. The number of hydrogen-bond acceptors (Lipinski definition) is 4. The molecule has 2 aliphatic rings. The van der Waals surface area contributed by atoms with Crippen LogP contribution in [0.5, 0.6) is 11.5 Å². The van der Waals surface area contributed by atoms with Crippen molar-refractivity contribution in [2.24, 2.45) is 0 Å². The number of fused-ring (bicyclic) bond motifs is 1. The van der Waals surface area contributed by atoms with Gasteiger partial charge in [0.05, 0.1) is 6.54 Å². The van der Waals surface area contributed by atoms with Crippen molar-refractivity contribution in [1.29, 1.82) is 0 Å². The van der Waals surface area contributed by atoms with Crippen LogP contribution in [0.1, 0.15) is 42.5 Å². The number of ether oxygens (including phenoxy) is 2. The second-order valence-electron chi connectivity index (χ2n) is 5.29. The zero-order valence-electron chi connectivity index (χ0n) is 11.2. The van der Waals surface area contributed by atoms with Gasteiger partial charge in [-0.25, -0.2) is 0 Å². The number of ketones is 1. The van der Waals surface area contributed by atoms with Gasteiger partial charge in [-0.3, -0.25) is 4.79 Å². The van der Waals surface area contributed by atoms with Crippen LogP contribution in [0.15, 0.2) is 18.2 Å². The molecular weight excluding hydrogens is 242 g/mol. The molecule has 102 valence electrons. The molecule has 1 N–H and O–H groups in total. The molecule has 1 aromatic rings. The topological polar surface area (TPSA) is 47.6 Å². The number of likely N-dealkylation sites (N-methyl/N-ethyl adjacent to an activating group) is 1. The molecule has 1 aliphatic heterocycles. The smallest absolute Gasteiger partial charge is 0.251 e. The molecule has 19 heavy (non-hydrogen) atoms. The van der Waals surface area contributed by atoms with Crippen molar-refractivity contribution in [3.63, 3.8) is 0 Å². The molecule has 4 heteroatoms. The van der Waals surface area contributed by atoms with Crippen LogP contribution in [0.25, 0.3) is 0 Å². The van der Waals surface area contributed by atoms with Gasteiger partial charge >= 0.3 is 0 Å². The molecule has 1 aromatic carbocycles. The van der Waals surface area contributed by atoms with Gasteiger partial charge in [0.1, 0.15) is 0 Å². The van der Waals surface area contributed by atoms with Gasteiger partial charge in [0.25, 0.3) is 5.79 Å². The molecule has 1 aliphatic carbocycles. The van der Waals surface area contributed by atoms with E-state index in [-0.39, 0.29) is 5.78 Å². The summed E-state index contributed by atoms with van der Waals surface area (Å²) in [5.74, 6) is 1.08. The summed E-state index contributed by atoms with van der Waals surface area (Å²) in [5, 5.41) is 2.87. The Morgan fingerprint density at radius 3 is 2.68 bits per heavy atom. The van der Waals surface area contributed by atoms with Crippen LogP contribution in [0.3, 0.4) is 0 Å². The van der Waals surface area contributed by atoms with Crippen LogP contribution >= 0.6 is 0 Å². The molecule has 0 amide bonds. The normalized spacial score (nSPS) is 19.6. The molecule has 0 radical (unpaired) electrons. The lowest BCUT2D eigenvalue weighted by atomic mass is 9.94. The Balaban J connectivity index is 1.81. The summed E-state index contributed by atoms with van der Waals surface area (Å²) < 4.78 is 12.0. The molecule has 1 fully saturated rings. The van der Waals surface area contributed by atoms with Crippen LogP contribution in [0, 0.1) is 0 Å². The first-order chi connectivity index (χ1) is 9.22. The maximum atomic E-state index is 11.9. The summed E-state index contributed by atoms with van der Waals surface area (Å²) >= 11 is 0. The highest BCUT2D eigenvalue weighted by Crippen LogP contribution is 2.45. The van der Waals surface area contributed by atoms with Crippen molar-refractivity contribution < 1.29 is 14.3 Å². The SMILES string of the molecule is CNCC(=O)c1ccc2c(c1)OC1(CCCCC1)O2. The molecule has 0 aromatic heterocycles. The van der Waals surface area contributed by atoms with Gasteiger partial charge in [-0.1, -0.05) is 6.42 Å². The fourth-order valence-electron chi connectivity index (χ4n) is 2.82. The van der Waals surface area contributed by atoms with Crippen molar-refractivity contribution >= 4 is 5.78 Å². The summed E-state index contributed by atoms with van der Waals surface area (Å²) in [6, 6.07) is 5.46. The predicted octanol–water partition coefficient (Wildman–Crippen LogP) is 2.52. The maximum absolute atomic E-state index is 11.9. The zero-order chi connectivity index (χ0) is 13.3. The quantitative estimate of drug-likeness (QED) is 0.849. The van der Waals surface area contributed by atoms with Crippen LogP contribution < -0.4 is 14.8 Å². The van der Waals surface area contributed by atoms with E-state index in [0.717, 1.165) is 31.4 Å². The average Bonchev–Trinajstić information content (AvgIpc) is 2.76. The van der Waals surface area contributed by atoms with E-state index in [4.69, 9.17) is 9.47 Å². The van der Waals surface area contributed by atoms with E-state index in [1.165, 1.54) is 6.42 Å². The van der Waals surface area contributed by atoms with E-state index in [0.29, 0.717) is 17.9 Å². The fraction of sp³-hybridized carbons (Fsp3) is 0.533.